The van der Waals surface area contributed by atoms with Crippen LogP contribution in [0.1, 0.15) is 69.1 Å². The third kappa shape index (κ3) is 9.68. The molecule has 8 N–H and O–H groups in total. The summed E-state index contributed by atoms with van der Waals surface area (Å²) in [6, 6.07) is 5.61. The molecule has 0 bridgehead atoms. The Morgan fingerprint density at radius 3 is 1.00 bits per heavy atom. The zero-order valence-corrected chi connectivity index (χ0v) is 17.8. The maximum atomic E-state index is 10.6. The highest BCUT2D eigenvalue weighted by atomic mass is 16.4. The lowest BCUT2D eigenvalue weighted by atomic mass is 10.0. The molecule has 0 saturated carbocycles. The van der Waals surface area contributed by atoms with E-state index in [1.165, 1.54) is 6.92 Å². The van der Waals surface area contributed by atoms with Crippen LogP contribution in [0.5, 0.6) is 0 Å². The normalized spacial score (nSPS) is 10.4. The summed E-state index contributed by atoms with van der Waals surface area (Å²) in [7, 11) is 0. The van der Waals surface area contributed by atoms with Crippen molar-refractivity contribution in [3.05, 3.63) is 69.8 Å². The second-order valence-corrected chi connectivity index (χ2v) is 6.38. The first-order valence-corrected chi connectivity index (χ1v) is 9.10. The SMILES string of the molecule is CC(O)CO.O=C(O)c1ccc(C(=O)O)c(C(=O)O)c1.O=C(O)c1ccc(C(=O)O)c(C(=O)O)c1. The first-order valence-electron chi connectivity index (χ1n) is 9.10. The van der Waals surface area contributed by atoms with Crippen molar-refractivity contribution in [2.45, 2.75) is 13.0 Å². The smallest absolute Gasteiger partial charge is 0.336 e. The van der Waals surface area contributed by atoms with Crippen LogP contribution in [0, 0.1) is 0 Å². The minimum absolute atomic E-state index is 0.139. The van der Waals surface area contributed by atoms with Gasteiger partial charge in [0.2, 0.25) is 0 Å². The van der Waals surface area contributed by atoms with Gasteiger partial charge in [-0.3, -0.25) is 0 Å². The van der Waals surface area contributed by atoms with Crippen LogP contribution < -0.4 is 0 Å². The summed E-state index contributed by atoms with van der Waals surface area (Å²) >= 11 is 0. The number of hydrogen-bond acceptors (Lipinski definition) is 8. The topological polar surface area (TPSA) is 264 Å². The molecular weight excluding hydrogens is 476 g/mol. The molecule has 2 aromatic carbocycles. The van der Waals surface area contributed by atoms with Gasteiger partial charge in [-0.25, -0.2) is 28.8 Å². The number of aliphatic hydroxyl groups is 2. The Hall–Kier alpha value is -4.82. The highest BCUT2D eigenvalue weighted by Gasteiger charge is 2.19. The van der Waals surface area contributed by atoms with Crippen molar-refractivity contribution in [2.75, 3.05) is 6.61 Å². The zero-order valence-electron chi connectivity index (χ0n) is 17.8. The maximum absolute atomic E-state index is 10.6. The van der Waals surface area contributed by atoms with Crippen molar-refractivity contribution in [1.29, 1.82) is 0 Å². The van der Waals surface area contributed by atoms with Crippen LogP contribution in [0.3, 0.4) is 0 Å². The molecule has 2 rings (SSSR count). The van der Waals surface area contributed by atoms with E-state index in [9.17, 15) is 28.8 Å². The summed E-state index contributed by atoms with van der Waals surface area (Å²) in [6.45, 7) is 1.39. The molecule has 0 fully saturated rings. The van der Waals surface area contributed by atoms with E-state index in [2.05, 4.69) is 0 Å². The quantitative estimate of drug-likeness (QED) is 0.265. The van der Waals surface area contributed by atoms with Crippen LogP contribution in [0.25, 0.3) is 0 Å². The Bertz CT molecular complexity index is 1050. The molecule has 0 amide bonds. The van der Waals surface area contributed by atoms with E-state index in [1.54, 1.807) is 0 Å². The van der Waals surface area contributed by atoms with Gasteiger partial charge >= 0.3 is 35.8 Å². The van der Waals surface area contributed by atoms with Gasteiger partial charge in [0.15, 0.2) is 0 Å². The number of carboxylic acids is 6. The Morgan fingerprint density at radius 1 is 0.571 bits per heavy atom. The summed E-state index contributed by atoms with van der Waals surface area (Å²) in [4.78, 5) is 63.5. The lowest BCUT2D eigenvalue weighted by Gasteiger charge is -2.02. The molecule has 0 aliphatic heterocycles. The van der Waals surface area contributed by atoms with Crippen molar-refractivity contribution in [1.82, 2.24) is 0 Å². The van der Waals surface area contributed by atoms with Gasteiger partial charge in [0.1, 0.15) is 0 Å². The number of carbonyl (C=O) groups is 6. The fraction of sp³-hybridized carbons (Fsp3) is 0.143. The molecule has 0 aliphatic rings. The fourth-order valence-electron chi connectivity index (χ4n) is 2.08. The minimum atomic E-state index is -1.48. The largest absolute Gasteiger partial charge is 0.478 e. The number of benzene rings is 2. The third-order valence-electron chi connectivity index (χ3n) is 3.72. The Balaban J connectivity index is 0.000000555. The third-order valence-corrected chi connectivity index (χ3v) is 3.72. The molecule has 2 aromatic rings. The first kappa shape index (κ1) is 30.2. The number of rotatable bonds is 7. The van der Waals surface area contributed by atoms with Gasteiger partial charge in [0.05, 0.1) is 46.1 Å². The van der Waals surface area contributed by atoms with Crippen LogP contribution in [-0.4, -0.2) is 89.4 Å². The molecule has 0 spiro atoms. The number of carboxylic acid groups (broad SMARTS) is 6. The molecular formula is C21H20O14. The fourth-order valence-corrected chi connectivity index (χ4v) is 2.08. The van der Waals surface area contributed by atoms with Gasteiger partial charge in [0.25, 0.3) is 0 Å². The first-order chi connectivity index (χ1) is 16.1. The average Bonchev–Trinajstić information content (AvgIpc) is 2.78. The van der Waals surface area contributed by atoms with E-state index in [0.29, 0.717) is 0 Å². The summed E-state index contributed by atoms with van der Waals surface area (Å²) in [5, 5.41) is 67.8. The van der Waals surface area contributed by atoms with Crippen molar-refractivity contribution in [2.24, 2.45) is 0 Å². The van der Waals surface area contributed by atoms with Gasteiger partial charge in [-0.15, -0.1) is 0 Å². The maximum Gasteiger partial charge on any atom is 0.336 e. The predicted molar refractivity (Wildman–Crippen MR) is 113 cm³/mol. The molecule has 0 aliphatic carbocycles. The van der Waals surface area contributed by atoms with E-state index >= 15 is 0 Å². The van der Waals surface area contributed by atoms with E-state index in [-0.39, 0.29) is 17.7 Å². The second-order valence-electron chi connectivity index (χ2n) is 6.38. The van der Waals surface area contributed by atoms with Gasteiger partial charge in [-0.05, 0) is 43.3 Å². The van der Waals surface area contributed by atoms with E-state index in [1.807, 2.05) is 0 Å². The highest BCUT2D eigenvalue weighted by Crippen LogP contribution is 2.13. The van der Waals surface area contributed by atoms with Crippen molar-refractivity contribution >= 4 is 35.8 Å². The second kappa shape index (κ2) is 13.7. The summed E-state index contributed by atoms with van der Waals surface area (Å²) < 4.78 is 0. The Kier molecular flexibility index (Phi) is 11.8. The Labute approximate surface area is 195 Å². The molecule has 188 valence electrons. The molecule has 1 unspecified atom stereocenters. The minimum Gasteiger partial charge on any atom is -0.478 e. The monoisotopic (exact) mass is 496 g/mol. The van der Waals surface area contributed by atoms with Gasteiger partial charge in [-0.2, -0.15) is 0 Å². The highest BCUT2D eigenvalue weighted by molar-refractivity contribution is 6.04. The molecule has 0 radical (unpaired) electrons. The summed E-state index contributed by atoms with van der Waals surface area (Å²) in [5.74, 6) is -8.40. The van der Waals surface area contributed by atoms with Gasteiger partial charge in [-0.1, -0.05) is 0 Å². The molecule has 35 heavy (non-hydrogen) atoms. The summed E-state index contributed by atoms with van der Waals surface area (Å²) in [5.41, 5.74) is -2.49. The van der Waals surface area contributed by atoms with Crippen molar-refractivity contribution in [3.8, 4) is 0 Å². The van der Waals surface area contributed by atoms with Crippen LogP contribution in [0.15, 0.2) is 36.4 Å². The molecule has 14 nitrogen and oxygen atoms in total. The lowest BCUT2D eigenvalue weighted by molar-refractivity contribution is 0.0648. The van der Waals surface area contributed by atoms with Crippen LogP contribution in [-0.2, 0) is 0 Å². The Morgan fingerprint density at radius 2 is 0.829 bits per heavy atom. The average molecular weight is 496 g/mol. The molecule has 0 aromatic heterocycles. The van der Waals surface area contributed by atoms with Crippen molar-refractivity contribution < 1.29 is 69.6 Å². The number of aromatic carboxylic acids is 6. The number of hydrogen-bond donors (Lipinski definition) is 8. The summed E-state index contributed by atoms with van der Waals surface area (Å²) in [6.07, 6.45) is -0.560. The lowest BCUT2D eigenvalue weighted by Crippen LogP contribution is -2.10. The van der Waals surface area contributed by atoms with Crippen LogP contribution in [0.4, 0.5) is 0 Å². The van der Waals surface area contributed by atoms with E-state index < -0.39 is 64.2 Å². The molecule has 1 atom stereocenters. The van der Waals surface area contributed by atoms with Crippen molar-refractivity contribution in [3.63, 3.8) is 0 Å². The molecule has 14 heteroatoms. The molecule has 0 saturated heterocycles. The zero-order chi connectivity index (χ0) is 27.5. The van der Waals surface area contributed by atoms with Gasteiger partial charge < -0.3 is 40.9 Å². The predicted octanol–water partition coefficient (Wildman–Crippen LogP) is 0.922. The standard InChI is InChI=1S/2C9H6O6.C3H8O2/c2*10-7(11)4-1-2-5(8(12)13)6(3-4)9(14)15;1-3(5)2-4/h2*1-3H,(H,10,11)(H,12,13)(H,14,15);3-5H,2H2,1H3. The number of aliphatic hydroxyl groups excluding tert-OH is 2. The van der Waals surface area contributed by atoms with Crippen LogP contribution in [0.2, 0.25) is 0 Å². The van der Waals surface area contributed by atoms with Gasteiger partial charge in [0, 0.05) is 0 Å². The van der Waals surface area contributed by atoms with Crippen LogP contribution >= 0.6 is 0 Å². The van der Waals surface area contributed by atoms with E-state index in [0.717, 1.165) is 36.4 Å². The van der Waals surface area contributed by atoms with E-state index in [4.69, 9.17) is 40.9 Å². The molecule has 0 heterocycles.